The van der Waals surface area contributed by atoms with Gasteiger partial charge in [0.2, 0.25) is 0 Å². The molecule has 1 N–H and O–H groups in total. The predicted octanol–water partition coefficient (Wildman–Crippen LogP) is 4.60. The fourth-order valence-electron chi connectivity index (χ4n) is 4.90. The zero-order valence-electron chi connectivity index (χ0n) is 18.0. The zero-order chi connectivity index (χ0) is 21.4. The summed E-state index contributed by atoms with van der Waals surface area (Å²) in [6.07, 6.45) is 4.02. The summed E-state index contributed by atoms with van der Waals surface area (Å²) in [6, 6.07) is 5.63. The summed E-state index contributed by atoms with van der Waals surface area (Å²) in [5.41, 5.74) is 3.48. The summed E-state index contributed by atoms with van der Waals surface area (Å²) in [7, 11) is 3.24. The smallest absolute Gasteiger partial charge is 0.355 e. The second kappa shape index (κ2) is 8.17. The molecular weight excluding hydrogens is 382 g/mol. The first-order valence-corrected chi connectivity index (χ1v) is 10.6. The Hall–Kier alpha value is -2.76. The van der Waals surface area contributed by atoms with Crippen molar-refractivity contribution in [3.8, 4) is 11.5 Å². The minimum absolute atomic E-state index is 0.0353. The minimum atomic E-state index is -0.357. The number of Topliss-reactive ketones (excluding diaryl/α,β-unsaturated/α-hetero) is 1. The molecule has 1 saturated carbocycles. The molecule has 6 heteroatoms. The Labute approximate surface area is 176 Å². The third-order valence-corrected chi connectivity index (χ3v) is 6.61. The fourth-order valence-corrected chi connectivity index (χ4v) is 4.90. The highest BCUT2D eigenvalue weighted by Gasteiger charge is 2.35. The maximum atomic E-state index is 13.0. The van der Waals surface area contributed by atoms with E-state index in [4.69, 9.17) is 14.2 Å². The van der Waals surface area contributed by atoms with E-state index >= 15 is 0 Å². The van der Waals surface area contributed by atoms with Crippen molar-refractivity contribution in [1.29, 1.82) is 0 Å². The van der Waals surface area contributed by atoms with Crippen LogP contribution in [-0.2, 0) is 11.2 Å². The molecule has 2 aromatic rings. The van der Waals surface area contributed by atoms with Gasteiger partial charge in [-0.2, -0.15) is 0 Å². The molecule has 1 fully saturated rings. The van der Waals surface area contributed by atoms with Crippen molar-refractivity contribution in [3.63, 3.8) is 0 Å². The van der Waals surface area contributed by atoms with Gasteiger partial charge < -0.3 is 19.2 Å². The van der Waals surface area contributed by atoms with E-state index in [-0.39, 0.29) is 23.8 Å². The standard InChI is InChI=1S/C24H29NO5/c1-13-6-5-7-20(13)30-24(27)23-14(2)22-18(25-23)10-15(11-19(22)26)17-12-16(28-3)8-9-21(17)29-4/h8-9,12-13,15,20,25H,5-7,10-11H2,1-4H3/t13-,15-,20-/m0/s1. The van der Waals surface area contributed by atoms with Crippen LogP contribution in [0.2, 0.25) is 0 Å². The van der Waals surface area contributed by atoms with Gasteiger partial charge in [-0.25, -0.2) is 4.79 Å². The van der Waals surface area contributed by atoms with Gasteiger partial charge in [-0.1, -0.05) is 6.92 Å². The molecule has 4 rings (SSSR count). The van der Waals surface area contributed by atoms with Crippen molar-refractivity contribution in [2.45, 2.75) is 58.0 Å². The van der Waals surface area contributed by atoms with Crippen LogP contribution in [-0.4, -0.2) is 37.1 Å². The van der Waals surface area contributed by atoms with Gasteiger partial charge in [0.15, 0.2) is 5.78 Å². The fraction of sp³-hybridized carbons (Fsp3) is 0.500. The van der Waals surface area contributed by atoms with E-state index in [0.29, 0.717) is 35.6 Å². The van der Waals surface area contributed by atoms with Crippen LogP contribution in [0.3, 0.4) is 0 Å². The molecule has 0 aliphatic heterocycles. The molecule has 6 nitrogen and oxygen atoms in total. The predicted molar refractivity (Wildman–Crippen MR) is 113 cm³/mol. The largest absolute Gasteiger partial charge is 0.497 e. The van der Waals surface area contributed by atoms with Crippen molar-refractivity contribution in [1.82, 2.24) is 4.98 Å². The normalized spacial score (nSPS) is 23.2. The summed E-state index contributed by atoms with van der Waals surface area (Å²) in [6.45, 7) is 3.95. The van der Waals surface area contributed by atoms with Gasteiger partial charge in [0.1, 0.15) is 23.3 Å². The molecule has 160 valence electrons. The molecule has 0 saturated heterocycles. The maximum absolute atomic E-state index is 13.0. The van der Waals surface area contributed by atoms with Gasteiger partial charge in [-0.05, 0) is 62.3 Å². The Morgan fingerprint density at radius 1 is 1.13 bits per heavy atom. The summed E-state index contributed by atoms with van der Waals surface area (Å²) >= 11 is 0. The number of ketones is 1. The average Bonchev–Trinajstić information content (AvgIpc) is 3.30. The number of hydrogen-bond donors (Lipinski definition) is 1. The summed E-state index contributed by atoms with van der Waals surface area (Å²) in [5.74, 6) is 1.46. The monoisotopic (exact) mass is 411 g/mol. The number of aromatic nitrogens is 1. The van der Waals surface area contributed by atoms with E-state index in [2.05, 4.69) is 11.9 Å². The lowest BCUT2D eigenvalue weighted by Crippen LogP contribution is -2.21. The van der Waals surface area contributed by atoms with Crippen molar-refractivity contribution in [2.24, 2.45) is 5.92 Å². The lowest BCUT2D eigenvalue weighted by molar-refractivity contribution is 0.0219. The Morgan fingerprint density at radius 3 is 2.60 bits per heavy atom. The molecule has 30 heavy (non-hydrogen) atoms. The molecular formula is C24H29NO5. The number of carbonyl (C=O) groups is 2. The number of ether oxygens (including phenoxy) is 3. The van der Waals surface area contributed by atoms with Crippen LogP contribution < -0.4 is 9.47 Å². The van der Waals surface area contributed by atoms with Crippen LogP contribution in [0.4, 0.5) is 0 Å². The average molecular weight is 411 g/mol. The lowest BCUT2D eigenvalue weighted by atomic mass is 9.81. The highest BCUT2D eigenvalue weighted by atomic mass is 16.5. The van der Waals surface area contributed by atoms with Crippen molar-refractivity contribution in [3.05, 3.63) is 46.3 Å². The molecule has 0 radical (unpaired) electrons. The van der Waals surface area contributed by atoms with E-state index in [1.807, 2.05) is 25.1 Å². The summed E-state index contributed by atoms with van der Waals surface area (Å²) in [4.78, 5) is 29.1. The van der Waals surface area contributed by atoms with Crippen LogP contribution in [0, 0.1) is 12.8 Å². The van der Waals surface area contributed by atoms with Crippen LogP contribution in [0.5, 0.6) is 11.5 Å². The van der Waals surface area contributed by atoms with Gasteiger partial charge in [0, 0.05) is 29.2 Å². The highest BCUT2D eigenvalue weighted by molar-refractivity contribution is 6.03. The van der Waals surface area contributed by atoms with Crippen molar-refractivity contribution in [2.75, 3.05) is 14.2 Å². The number of esters is 1. The van der Waals surface area contributed by atoms with Crippen LogP contribution in [0.1, 0.15) is 76.2 Å². The topological polar surface area (TPSA) is 77.6 Å². The number of aromatic amines is 1. The number of fused-ring (bicyclic) bond motifs is 1. The van der Waals surface area contributed by atoms with E-state index in [9.17, 15) is 9.59 Å². The van der Waals surface area contributed by atoms with Crippen molar-refractivity contribution < 1.29 is 23.8 Å². The summed E-state index contributed by atoms with van der Waals surface area (Å²) in [5, 5.41) is 0. The molecule has 3 atom stereocenters. The number of methoxy groups -OCH3 is 2. The lowest BCUT2D eigenvalue weighted by Gasteiger charge is -2.24. The number of carbonyl (C=O) groups excluding carboxylic acids is 2. The Bertz CT molecular complexity index is 976. The number of rotatable bonds is 5. The van der Waals surface area contributed by atoms with E-state index < -0.39 is 0 Å². The molecule has 0 unspecified atom stereocenters. The molecule has 1 aromatic heterocycles. The maximum Gasteiger partial charge on any atom is 0.355 e. The first kappa shape index (κ1) is 20.5. The molecule has 1 heterocycles. The zero-order valence-corrected chi connectivity index (χ0v) is 18.0. The first-order chi connectivity index (χ1) is 14.4. The van der Waals surface area contributed by atoms with Gasteiger partial charge in [-0.3, -0.25) is 4.79 Å². The molecule has 1 aromatic carbocycles. The number of benzene rings is 1. The second-order valence-corrected chi connectivity index (χ2v) is 8.47. The molecule has 0 amide bonds. The van der Waals surface area contributed by atoms with Crippen LogP contribution >= 0.6 is 0 Å². The minimum Gasteiger partial charge on any atom is -0.497 e. The second-order valence-electron chi connectivity index (χ2n) is 8.47. The Kier molecular flexibility index (Phi) is 5.58. The van der Waals surface area contributed by atoms with Gasteiger partial charge in [-0.15, -0.1) is 0 Å². The quantitative estimate of drug-likeness (QED) is 0.728. The van der Waals surface area contributed by atoms with Crippen LogP contribution in [0.15, 0.2) is 18.2 Å². The molecule has 0 spiro atoms. The van der Waals surface area contributed by atoms with Crippen LogP contribution in [0.25, 0.3) is 0 Å². The number of hydrogen-bond acceptors (Lipinski definition) is 5. The molecule has 0 bridgehead atoms. The molecule has 2 aliphatic rings. The SMILES string of the molecule is COc1ccc(OC)c([C@@H]2CC(=O)c3c([nH]c(C(=O)O[C@H]4CCC[C@@H]4C)c3C)C2)c1. The van der Waals surface area contributed by atoms with E-state index in [0.717, 1.165) is 42.0 Å². The third kappa shape index (κ3) is 3.59. The first-order valence-electron chi connectivity index (χ1n) is 10.6. The van der Waals surface area contributed by atoms with E-state index in [1.165, 1.54) is 0 Å². The van der Waals surface area contributed by atoms with Crippen molar-refractivity contribution >= 4 is 11.8 Å². The summed E-state index contributed by atoms with van der Waals surface area (Å²) < 4.78 is 16.6. The number of nitrogens with one attached hydrogen (secondary N) is 1. The Balaban J connectivity index is 1.62. The molecule has 2 aliphatic carbocycles. The van der Waals surface area contributed by atoms with Gasteiger partial charge >= 0.3 is 5.97 Å². The highest BCUT2D eigenvalue weighted by Crippen LogP contribution is 2.40. The van der Waals surface area contributed by atoms with Gasteiger partial charge in [0.25, 0.3) is 0 Å². The van der Waals surface area contributed by atoms with E-state index in [1.54, 1.807) is 14.2 Å². The Morgan fingerprint density at radius 2 is 1.93 bits per heavy atom. The number of H-pyrrole nitrogens is 1. The third-order valence-electron chi connectivity index (χ3n) is 6.61. The van der Waals surface area contributed by atoms with Gasteiger partial charge in [0.05, 0.1) is 14.2 Å².